The summed E-state index contributed by atoms with van der Waals surface area (Å²) < 4.78 is 5.62. The fourth-order valence-electron chi connectivity index (χ4n) is 2.44. The predicted molar refractivity (Wildman–Crippen MR) is 76.1 cm³/mol. The van der Waals surface area contributed by atoms with Crippen LogP contribution in [0.3, 0.4) is 0 Å². The molecule has 1 atom stereocenters. The number of benzene rings is 1. The maximum Gasteiger partial charge on any atom is 0.0887 e. The van der Waals surface area contributed by atoms with Gasteiger partial charge in [-0.05, 0) is 58.2 Å². The molecular formula is C16H26O2. The Morgan fingerprint density at radius 3 is 2.11 bits per heavy atom. The molecule has 0 fully saturated rings. The minimum Gasteiger partial charge on any atom is -0.390 e. The van der Waals surface area contributed by atoms with Crippen molar-refractivity contribution in [3.8, 4) is 0 Å². The van der Waals surface area contributed by atoms with Crippen LogP contribution >= 0.6 is 0 Å². The molecule has 1 rings (SSSR count). The van der Waals surface area contributed by atoms with Gasteiger partial charge in [0.1, 0.15) is 0 Å². The SMILES string of the molecule is CCOC(C)(C)C(O)Cc1c(C)cc(C)cc1C. The molecule has 18 heavy (non-hydrogen) atoms. The summed E-state index contributed by atoms with van der Waals surface area (Å²) in [4.78, 5) is 0. The summed E-state index contributed by atoms with van der Waals surface area (Å²) in [6.45, 7) is 12.8. The second-order valence-corrected chi connectivity index (χ2v) is 5.63. The van der Waals surface area contributed by atoms with Crippen LogP contribution in [0.25, 0.3) is 0 Å². The van der Waals surface area contributed by atoms with Crippen LogP contribution in [-0.4, -0.2) is 23.4 Å². The van der Waals surface area contributed by atoms with E-state index in [1.54, 1.807) is 0 Å². The van der Waals surface area contributed by atoms with Gasteiger partial charge >= 0.3 is 0 Å². The van der Waals surface area contributed by atoms with Crippen LogP contribution in [-0.2, 0) is 11.2 Å². The number of hydrogen-bond acceptors (Lipinski definition) is 2. The number of aryl methyl sites for hydroxylation is 3. The molecule has 2 heteroatoms. The molecule has 0 saturated carbocycles. The van der Waals surface area contributed by atoms with Crippen molar-refractivity contribution in [2.75, 3.05) is 6.61 Å². The van der Waals surface area contributed by atoms with E-state index in [1.165, 1.54) is 22.3 Å². The predicted octanol–water partition coefficient (Wildman–Crippen LogP) is 3.33. The fourth-order valence-corrected chi connectivity index (χ4v) is 2.44. The minimum atomic E-state index is -0.501. The summed E-state index contributed by atoms with van der Waals surface area (Å²) in [5.74, 6) is 0. The van der Waals surface area contributed by atoms with Crippen molar-refractivity contribution in [3.05, 3.63) is 34.4 Å². The third-order valence-corrected chi connectivity index (χ3v) is 3.56. The summed E-state index contributed by atoms with van der Waals surface area (Å²) >= 11 is 0. The zero-order valence-electron chi connectivity index (χ0n) is 12.5. The molecule has 0 spiro atoms. The second-order valence-electron chi connectivity index (χ2n) is 5.63. The Hall–Kier alpha value is -0.860. The summed E-state index contributed by atoms with van der Waals surface area (Å²) in [7, 11) is 0. The van der Waals surface area contributed by atoms with E-state index >= 15 is 0 Å². The molecule has 0 radical (unpaired) electrons. The molecule has 0 heterocycles. The van der Waals surface area contributed by atoms with Crippen molar-refractivity contribution in [3.63, 3.8) is 0 Å². The molecule has 102 valence electrons. The monoisotopic (exact) mass is 250 g/mol. The smallest absolute Gasteiger partial charge is 0.0887 e. The first-order valence-corrected chi connectivity index (χ1v) is 6.66. The van der Waals surface area contributed by atoms with Gasteiger partial charge in [-0.25, -0.2) is 0 Å². The molecule has 2 nitrogen and oxygen atoms in total. The van der Waals surface area contributed by atoms with Gasteiger partial charge in [0, 0.05) is 13.0 Å². The summed E-state index contributed by atoms with van der Waals surface area (Å²) in [5.41, 5.74) is 4.50. The first kappa shape index (κ1) is 15.2. The second kappa shape index (κ2) is 5.85. The first-order valence-electron chi connectivity index (χ1n) is 6.66. The number of ether oxygens (including phenoxy) is 1. The van der Waals surface area contributed by atoms with Crippen LogP contribution in [0.1, 0.15) is 43.0 Å². The van der Waals surface area contributed by atoms with Gasteiger partial charge in [0.2, 0.25) is 0 Å². The highest BCUT2D eigenvalue weighted by atomic mass is 16.5. The van der Waals surface area contributed by atoms with Crippen LogP contribution in [0.4, 0.5) is 0 Å². The number of rotatable bonds is 5. The van der Waals surface area contributed by atoms with Crippen LogP contribution in [0, 0.1) is 20.8 Å². The highest BCUT2D eigenvalue weighted by molar-refractivity contribution is 5.38. The third-order valence-electron chi connectivity index (χ3n) is 3.56. The average Bonchev–Trinajstić information content (AvgIpc) is 2.22. The Balaban J connectivity index is 2.91. The van der Waals surface area contributed by atoms with E-state index in [1.807, 2.05) is 20.8 Å². The quantitative estimate of drug-likeness (QED) is 0.868. The molecule has 0 aliphatic carbocycles. The van der Waals surface area contributed by atoms with E-state index in [4.69, 9.17) is 4.74 Å². The minimum absolute atomic E-state index is 0.488. The van der Waals surface area contributed by atoms with Crippen molar-refractivity contribution >= 4 is 0 Å². The van der Waals surface area contributed by atoms with Gasteiger partial charge in [-0.3, -0.25) is 0 Å². The van der Waals surface area contributed by atoms with Gasteiger partial charge in [-0.15, -0.1) is 0 Å². The Morgan fingerprint density at radius 2 is 1.67 bits per heavy atom. The van der Waals surface area contributed by atoms with Gasteiger partial charge < -0.3 is 9.84 Å². The fraction of sp³-hybridized carbons (Fsp3) is 0.625. The lowest BCUT2D eigenvalue weighted by Gasteiger charge is -2.31. The van der Waals surface area contributed by atoms with E-state index in [2.05, 4.69) is 32.9 Å². The molecule has 0 saturated heterocycles. The van der Waals surface area contributed by atoms with E-state index in [-0.39, 0.29) is 0 Å². The van der Waals surface area contributed by atoms with Crippen LogP contribution in [0.2, 0.25) is 0 Å². The van der Waals surface area contributed by atoms with Crippen molar-refractivity contribution in [1.82, 2.24) is 0 Å². The van der Waals surface area contributed by atoms with Gasteiger partial charge in [-0.2, -0.15) is 0 Å². The average molecular weight is 250 g/mol. The Labute approximate surface area is 111 Å². The van der Waals surface area contributed by atoms with Gasteiger partial charge in [-0.1, -0.05) is 17.7 Å². The molecular weight excluding hydrogens is 224 g/mol. The van der Waals surface area contributed by atoms with Crippen molar-refractivity contribution in [1.29, 1.82) is 0 Å². The highest BCUT2D eigenvalue weighted by Crippen LogP contribution is 2.23. The largest absolute Gasteiger partial charge is 0.390 e. The molecule has 1 N–H and O–H groups in total. The lowest BCUT2D eigenvalue weighted by Crippen LogP contribution is -2.40. The molecule has 0 aliphatic heterocycles. The third kappa shape index (κ3) is 3.56. The summed E-state index contributed by atoms with van der Waals surface area (Å²) in [6.07, 6.45) is 0.155. The van der Waals surface area contributed by atoms with Crippen LogP contribution in [0.5, 0.6) is 0 Å². The van der Waals surface area contributed by atoms with E-state index < -0.39 is 11.7 Å². The zero-order chi connectivity index (χ0) is 13.9. The molecule has 0 amide bonds. The Bertz CT molecular complexity index is 385. The van der Waals surface area contributed by atoms with Crippen molar-refractivity contribution in [2.24, 2.45) is 0 Å². The van der Waals surface area contributed by atoms with Crippen LogP contribution in [0.15, 0.2) is 12.1 Å². The maximum atomic E-state index is 10.4. The Kier molecular flexibility index (Phi) is 4.94. The van der Waals surface area contributed by atoms with Gasteiger partial charge in [0.25, 0.3) is 0 Å². The first-order chi connectivity index (χ1) is 8.27. The Morgan fingerprint density at radius 1 is 1.17 bits per heavy atom. The molecule has 0 bridgehead atoms. The number of aliphatic hydroxyl groups is 1. The van der Waals surface area contributed by atoms with E-state index in [0.29, 0.717) is 13.0 Å². The highest BCUT2D eigenvalue weighted by Gasteiger charge is 2.29. The summed E-state index contributed by atoms with van der Waals surface area (Å²) in [5, 5.41) is 10.4. The van der Waals surface area contributed by atoms with Gasteiger partial charge in [0.15, 0.2) is 0 Å². The molecule has 1 unspecified atom stereocenters. The van der Waals surface area contributed by atoms with Crippen LogP contribution < -0.4 is 0 Å². The normalized spacial score (nSPS) is 13.7. The van der Waals surface area contributed by atoms with Crippen molar-refractivity contribution < 1.29 is 9.84 Å². The molecule has 0 aromatic heterocycles. The summed E-state index contributed by atoms with van der Waals surface area (Å²) in [6, 6.07) is 4.34. The van der Waals surface area contributed by atoms with E-state index in [0.717, 1.165) is 0 Å². The number of hydrogen-bond donors (Lipinski definition) is 1. The molecule has 1 aromatic rings. The lowest BCUT2D eigenvalue weighted by atomic mass is 9.89. The topological polar surface area (TPSA) is 29.5 Å². The number of aliphatic hydroxyl groups excluding tert-OH is 1. The molecule has 1 aromatic carbocycles. The van der Waals surface area contributed by atoms with Crippen molar-refractivity contribution in [2.45, 2.75) is 59.7 Å². The lowest BCUT2D eigenvalue weighted by molar-refractivity contribution is -0.0955. The maximum absolute atomic E-state index is 10.4. The molecule has 0 aliphatic rings. The van der Waals surface area contributed by atoms with E-state index in [9.17, 15) is 5.11 Å². The zero-order valence-corrected chi connectivity index (χ0v) is 12.5. The van der Waals surface area contributed by atoms with Gasteiger partial charge in [0.05, 0.1) is 11.7 Å². The standard InChI is InChI=1S/C16H26O2/c1-7-18-16(5,6)15(17)10-14-12(3)8-11(2)9-13(14)4/h8-9,15,17H,7,10H2,1-6H3.